The summed E-state index contributed by atoms with van der Waals surface area (Å²) in [7, 11) is -3.73. The second-order valence-electron chi connectivity index (χ2n) is 6.94. The predicted octanol–water partition coefficient (Wildman–Crippen LogP) is 2.95. The molecular formula is C19H22N2O4S. The molecule has 1 aromatic heterocycles. The van der Waals surface area contributed by atoms with Gasteiger partial charge in [-0.25, -0.2) is 17.9 Å². The summed E-state index contributed by atoms with van der Waals surface area (Å²) in [5.74, 6) is 0.383. The molecule has 6 nitrogen and oxygen atoms in total. The Morgan fingerprint density at radius 2 is 1.77 bits per heavy atom. The van der Waals surface area contributed by atoms with Gasteiger partial charge in [-0.2, -0.15) is 0 Å². The molecule has 2 N–H and O–H groups in total. The number of rotatable bonds is 5. The van der Waals surface area contributed by atoms with E-state index in [4.69, 9.17) is 4.42 Å². The van der Waals surface area contributed by atoms with Crippen molar-refractivity contribution in [2.45, 2.75) is 44.9 Å². The number of hydrogen-bond donors (Lipinski definition) is 2. The van der Waals surface area contributed by atoms with Crippen molar-refractivity contribution in [3.63, 3.8) is 0 Å². The minimum atomic E-state index is -3.73. The van der Waals surface area contributed by atoms with E-state index in [0.717, 1.165) is 44.2 Å². The Morgan fingerprint density at radius 1 is 1.08 bits per heavy atom. The van der Waals surface area contributed by atoms with Gasteiger partial charge >= 0.3 is 6.03 Å². The van der Waals surface area contributed by atoms with Crippen LogP contribution in [0.15, 0.2) is 28.9 Å². The highest BCUT2D eigenvalue weighted by Crippen LogP contribution is 2.38. The second-order valence-corrected chi connectivity index (χ2v) is 8.78. The van der Waals surface area contributed by atoms with Crippen molar-refractivity contribution in [3.05, 3.63) is 52.5 Å². The number of anilines is 1. The van der Waals surface area contributed by atoms with Crippen LogP contribution in [0, 0.1) is 0 Å². The number of carbonyl (C=O) groups excluding carboxylic acids is 1. The zero-order chi connectivity index (χ0) is 18.1. The van der Waals surface area contributed by atoms with Crippen molar-refractivity contribution in [2.24, 2.45) is 0 Å². The molecule has 1 heterocycles. The van der Waals surface area contributed by atoms with Gasteiger partial charge in [-0.05, 0) is 72.9 Å². The predicted molar refractivity (Wildman–Crippen MR) is 98.8 cm³/mol. The van der Waals surface area contributed by atoms with Crippen molar-refractivity contribution >= 4 is 21.7 Å². The number of carbonyl (C=O) groups is 1. The first kappa shape index (κ1) is 17.1. The van der Waals surface area contributed by atoms with E-state index in [1.54, 1.807) is 12.1 Å². The number of benzene rings is 1. The molecule has 26 heavy (non-hydrogen) atoms. The van der Waals surface area contributed by atoms with Crippen LogP contribution in [0.2, 0.25) is 0 Å². The summed E-state index contributed by atoms with van der Waals surface area (Å²) >= 11 is 0. The molecule has 1 aromatic carbocycles. The molecule has 0 unspecified atom stereocenters. The van der Waals surface area contributed by atoms with E-state index in [1.165, 1.54) is 28.5 Å². The smallest absolute Gasteiger partial charge is 0.332 e. The topological polar surface area (TPSA) is 88.4 Å². The Kier molecular flexibility index (Phi) is 4.48. The zero-order valence-electron chi connectivity index (χ0n) is 14.5. The summed E-state index contributed by atoms with van der Waals surface area (Å²) in [5.41, 5.74) is 5.78. The van der Waals surface area contributed by atoms with Crippen LogP contribution in [-0.4, -0.2) is 20.2 Å². The highest BCUT2D eigenvalue weighted by molar-refractivity contribution is 7.90. The molecule has 0 aliphatic heterocycles. The lowest BCUT2D eigenvalue weighted by molar-refractivity contribution is 0.256. The van der Waals surface area contributed by atoms with Crippen LogP contribution in [0.3, 0.4) is 0 Å². The third-order valence-corrected chi connectivity index (χ3v) is 6.40. The maximum atomic E-state index is 12.4. The highest BCUT2D eigenvalue weighted by atomic mass is 32.2. The molecular weight excluding hydrogens is 352 g/mol. The Labute approximate surface area is 153 Å². The molecule has 4 rings (SSSR count). The molecule has 0 fully saturated rings. The molecule has 0 bridgehead atoms. The minimum Gasteiger partial charge on any atom is -0.469 e. The fourth-order valence-electron chi connectivity index (χ4n) is 3.99. The largest absolute Gasteiger partial charge is 0.469 e. The summed E-state index contributed by atoms with van der Waals surface area (Å²) < 4.78 is 31.6. The van der Waals surface area contributed by atoms with Crippen LogP contribution < -0.4 is 10.0 Å². The maximum Gasteiger partial charge on any atom is 0.332 e. The molecule has 138 valence electrons. The van der Waals surface area contributed by atoms with E-state index in [-0.39, 0.29) is 12.2 Å². The Balaban J connectivity index is 1.47. The van der Waals surface area contributed by atoms with E-state index in [0.29, 0.717) is 5.76 Å². The SMILES string of the molecule is O=C(Nc1c2c(cc3c1CCC3)CCC2)NS(=O)(=O)CCc1ccco1. The van der Waals surface area contributed by atoms with Crippen LogP contribution in [0.25, 0.3) is 0 Å². The minimum absolute atomic E-state index is 0.195. The van der Waals surface area contributed by atoms with Crippen molar-refractivity contribution in [1.82, 2.24) is 4.72 Å². The van der Waals surface area contributed by atoms with Gasteiger partial charge in [-0.15, -0.1) is 0 Å². The molecule has 7 heteroatoms. The average molecular weight is 374 g/mol. The standard InChI is InChI=1S/C19H22N2O4S/c22-19(21-26(23,24)11-9-15-6-3-10-25-15)20-18-16-7-1-4-13(16)12-14-5-2-8-17(14)18/h3,6,10,12H,1-2,4-5,7-9,11H2,(H2,20,21,22). The van der Waals surface area contributed by atoms with Crippen LogP contribution in [0.5, 0.6) is 0 Å². The summed E-state index contributed by atoms with van der Waals surface area (Å²) in [4.78, 5) is 12.4. The number of fused-ring (bicyclic) bond motifs is 2. The molecule has 0 saturated carbocycles. The fraction of sp³-hybridized carbons (Fsp3) is 0.421. The summed E-state index contributed by atoms with van der Waals surface area (Å²) in [6, 6.07) is 5.01. The van der Waals surface area contributed by atoms with E-state index >= 15 is 0 Å². The van der Waals surface area contributed by atoms with Gasteiger partial charge in [0.1, 0.15) is 5.76 Å². The van der Waals surface area contributed by atoms with Crippen molar-refractivity contribution in [1.29, 1.82) is 0 Å². The van der Waals surface area contributed by atoms with Crippen LogP contribution in [-0.2, 0) is 42.1 Å². The fourth-order valence-corrected chi connectivity index (χ4v) is 4.89. The number of amides is 2. The Bertz CT molecular complexity index is 901. The molecule has 0 atom stereocenters. The van der Waals surface area contributed by atoms with Crippen LogP contribution in [0.1, 0.15) is 40.9 Å². The Hall–Kier alpha value is -2.28. The number of furan rings is 1. The first-order valence-electron chi connectivity index (χ1n) is 9.02. The summed E-state index contributed by atoms with van der Waals surface area (Å²) in [5, 5.41) is 2.84. The molecule has 2 aromatic rings. The molecule has 2 aliphatic rings. The van der Waals surface area contributed by atoms with Crippen molar-refractivity contribution in [2.75, 3.05) is 11.1 Å². The zero-order valence-corrected chi connectivity index (χ0v) is 15.3. The van der Waals surface area contributed by atoms with Gasteiger partial charge in [0.2, 0.25) is 10.0 Å². The molecule has 0 saturated heterocycles. The lowest BCUT2D eigenvalue weighted by Gasteiger charge is -2.16. The third-order valence-electron chi connectivity index (χ3n) is 5.16. The number of nitrogens with one attached hydrogen (secondary N) is 2. The lowest BCUT2D eigenvalue weighted by Crippen LogP contribution is -2.36. The van der Waals surface area contributed by atoms with Crippen LogP contribution in [0.4, 0.5) is 10.5 Å². The molecule has 2 aliphatic carbocycles. The average Bonchev–Trinajstić information content (AvgIpc) is 3.33. The quantitative estimate of drug-likeness (QED) is 0.842. The Morgan fingerprint density at radius 3 is 2.38 bits per heavy atom. The van der Waals surface area contributed by atoms with Gasteiger partial charge in [-0.1, -0.05) is 6.07 Å². The monoisotopic (exact) mass is 374 g/mol. The maximum absolute atomic E-state index is 12.4. The van der Waals surface area contributed by atoms with Crippen molar-refractivity contribution in [3.8, 4) is 0 Å². The van der Waals surface area contributed by atoms with E-state index < -0.39 is 16.1 Å². The molecule has 2 amide bonds. The van der Waals surface area contributed by atoms with E-state index in [2.05, 4.69) is 16.1 Å². The normalized spacial score (nSPS) is 15.5. The number of aryl methyl sites for hydroxylation is 3. The lowest BCUT2D eigenvalue weighted by atomic mass is 9.99. The van der Waals surface area contributed by atoms with Gasteiger partial charge in [0.15, 0.2) is 0 Å². The van der Waals surface area contributed by atoms with Gasteiger partial charge in [0.05, 0.1) is 12.0 Å². The number of hydrogen-bond acceptors (Lipinski definition) is 4. The van der Waals surface area contributed by atoms with E-state index in [1.807, 2.05) is 0 Å². The number of sulfonamides is 1. The van der Waals surface area contributed by atoms with Gasteiger partial charge in [0, 0.05) is 12.1 Å². The first-order chi connectivity index (χ1) is 12.5. The van der Waals surface area contributed by atoms with Gasteiger partial charge in [-0.3, -0.25) is 0 Å². The first-order valence-corrected chi connectivity index (χ1v) is 10.7. The van der Waals surface area contributed by atoms with E-state index in [9.17, 15) is 13.2 Å². The number of urea groups is 1. The summed E-state index contributed by atoms with van der Waals surface area (Å²) in [6.45, 7) is 0. The third kappa shape index (κ3) is 3.49. The van der Waals surface area contributed by atoms with Gasteiger partial charge in [0.25, 0.3) is 0 Å². The summed E-state index contributed by atoms with van der Waals surface area (Å²) in [6.07, 6.45) is 7.81. The second kappa shape index (κ2) is 6.79. The van der Waals surface area contributed by atoms with Crippen molar-refractivity contribution < 1.29 is 17.6 Å². The molecule has 0 spiro atoms. The highest BCUT2D eigenvalue weighted by Gasteiger charge is 2.26. The van der Waals surface area contributed by atoms with Gasteiger partial charge < -0.3 is 9.73 Å². The van der Waals surface area contributed by atoms with Crippen LogP contribution >= 0.6 is 0 Å². The molecule has 0 radical (unpaired) electrons.